The van der Waals surface area contributed by atoms with E-state index in [1.165, 1.54) is 18.2 Å². The number of pyridine rings is 2. The molecule has 0 bridgehead atoms. The number of fused-ring (bicyclic) bond motifs is 1. The summed E-state index contributed by atoms with van der Waals surface area (Å²) in [7, 11) is 0. The Labute approximate surface area is 175 Å². The van der Waals surface area contributed by atoms with E-state index in [4.69, 9.17) is 4.74 Å². The molecule has 3 heterocycles. The summed E-state index contributed by atoms with van der Waals surface area (Å²) in [5, 5.41) is 4.65. The molecular formula is C22H17F3N4O2. The predicted octanol–water partition coefficient (Wildman–Crippen LogP) is 4.99. The first-order valence-electron chi connectivity index (χ1n) is 9.45. The Bertz CT molecular complexity index is 1270. The van der Waals surface area contributed by atoms with Gasteiger partial charge in [-0.1, -0.05) is 12.1 Å². The molecule has 0 aliphatic heterocycles. The lowest BCUT2D eigenvalue weighted by Gasteiger charge is -2.13. The van der Waals surface area contributed by atoms with Crippen LogP contribution in [0.25, 0.3) is 28.0 Å². The van der Waals surface area contributed by atoms with E-state index in [1.54, 1.807) is 44.4 Å². The van der Waals surface area contributed by atoms with E-state index in [2.05, 4.69) is 15.1 Å². The fourth-order valence-corrected chi connectivity index (χ4v) is 3.40. The van der Waals surface area contributed by atoms with Gasteiger partial charge in [0, 0.05) is 18.0 Å². The third kappa shape index (κ3) is 3.74. The van der Waals surface area contributed by atoms with E-state index < -0.39 is 17.7 Å². The topological polar surface area (TPSA) is 69.9 Å². The molecule has 1 aromatic carbocycles. The molecule has 0 unspecified atom stereocenters. The fourth-order valence-electron chi connectivity index (χ4n) is 3.40. The summed E-state index contributed by atoms with van der Waals surface area (Å²) in [5.74, 6) is -0.600. The second kappa shape index (κ2) is 7.82. The number of halogens is 3. The second-order valence-corrected chi connectivity index (χ2v) is 6.72. The van der Waals surface area contributed by atoms with Gasteiger partial charge in [0.2, 0.25) is 0 Å². The number of para-hydroxylation sites is 1. The average molecular weight is 426 g/mol. The molecule has 6 nitrogen and oxygen atoms in total. The van der Waals surface area contributed by atoms with Crippen LogP contribution in [0.5, 0.6) is 0 Å². The van der Waals surface area contributed by atoms with Crippen LogP contribution < -0.4 is 0 Å². The van der Waals surface area contributed by atoms with E-state index in [0.717, 1.165) is 10.7 Å². The Balaban J connectivity index is 2.06. The van der Waals surface area contributed by atoms with E-state index in [1.807, 2.05) is 0 Å². The SMILES string of the molecule is CCOC(=O)c1cc(-c2ccncc2)nc2c1c(C)nn2-c1ccccc1C(F)(F)F. The van der Waals surface area contributed by atoms with Crippen molar-refractivity contribution in [3.05, 3.63) is 71.7 Å². The maximum atomic E-state index is 13.7. The van der Waals surface area contributed by atoms with Gasteiger partial charge in [0.1, 0.15) is 0 Å². The van der Waals surface area contributed by atoms with Crippen LogP contribution in [0.15, 0.2) is 54.9 Å². The minimum Gasteiger partial charge on any atom is -0.462 e. The zero-order chi connectivity index (χ0) is 22.2. The molecule has 0 atom stereocenters. The first kappa shape index (κ1) is 20.5. The van der Waals surface area contributed by atoms with Gasteiger partial charge in [0.15, 0.2) is 5.65 Å². The zero-order valence-electron chi connectivity index (χ0n) is 16.6. The maximum Gasteiger partial charge on any atom is 0.418 e. The fraction of sp³-hybridized carbons (Fsp3) is 0.182. The second-order valence-electron chi connectivity index (χ2n) is 6.72. The van der Waals surface area contributed by atoms with Crippen molar-refractivity contribution in [1.29, 1.82) is 0 Å². The highest BCUT2D eigenvalue weighted by Gasteiger charge is 2.35. The molecule has 4 aromatic rings. The Morgan fingerprint density at radius 3 is 2.52 bits per heavy atom. The van der Waals surface area contributed by atoms with E-state index in [-0.39, 0.29) is 23.5 Å². The van der Waals surface area contributed by atoms with Crippen LogP contribution in [-0.2, 0) is 10.9 Å². The average Bonchev–Trinajstić information content (AvgIpc) is 3.10. The number of hydrogen-bond acceptors (Lipinski definition) is 5. The molecule has 31 heavy (non-hydrogen) atoms. The van der Waals surface area contributed by atoms with E-state index in [0.29, 0.717) is 22.3 Å². The summed E-state index contributed by atoms with van der Waals surface area (Å²) in [5.41, 5.74) is 0.693. The lowest BCUT2D eigenvalue weighted by Crippen LogP contribution is -2.12. The highest BCUT2D eigenvalue weighted by atomic mass is 19.4. The van der Waals surface area contributed by atoms with Gasteiger partial charge in [-0.05, 0) is 44.2 Å². The first-order chi connectivity index (χ1) is 14.8. The highest BCUT2D eigenvalue weighted by molar-refractivity contribution is 6.05. The third-order valence-corrected chi connectivity index (χ3v) is 4.72. The monoisotopic (exact) mass is 426 g/mol. The van der Waals surface area contributed by atoms with Crippen LogP contribution in [-0.4, -0.2) is 32.3 Å². The van der Waals surface area contributed by atoms with Gasteiger partial charge in [0.05, 0.1) is 40.2 Å². The molecule has 158 valence electrons. The van der Waals surface area contributed by atoms with E-state index >= 15 is 0 Å². The van der Waals surface area contributed by atoms with Crippen molar-refractivity contribution in [3.63, 3.8) is 0 Å². The van der Waals surface area contributed by atoms with Gasteiger partial charge in [-0.25, -0.2) is 14.5 Å². The largest absolute Gasteiger partial charge is 0.462 e. The Morgan fingerprint density at radius 1 is 1.13 bits per heavy atom. The van der Waals surface area contributed by atoms with Crippen LogP contribution >= 0.6 is 0 Å². The molecule has 0 amide bonds. The van der Waals surface area contributed by atoms with Crippen molar-refractivity contribution < 1.29 is 22.7 Å². The number of hydrogen-bond donors (Lipinski definition) is 0. The van der Waals surface area contributed by atoms with Gasteiger partial charge >= 0.3 is 12.1 Å². The van der Waals surface area contributed by atoms with Crippen molar-refractivity contribution in [2.45, 2.75) is 20.0 Å². The molecule has 0 aliphatic rings. The van der Waals surface area contributed by atoms with Crippen molar-refractivity contribution in [3.8, 4) is 16.9 Å². The van der Waals surface area contributed by atoms with Crippen LogP contribution in [0.1, 0.15) is 28.5 Å². The van der Waals surface area contributed by atoms with Gasteiger partial charge in [-0.15, -0.1) is 0 Å². The number of carbonyl (C=O) groups is 1. The lowest BCUT2D eigenvalue weighted by atomic mass is 10.1. The normalized spacial score (nSPS) is 11.6. The molecule has 0 fully saturated rings. The molecule has 0 N–H and O–H groups in total. The van der Waals surface area contributed by atoms with Gasteiger partial charge in [0.25, 0.3) is 0 Å². The van der Waals surface area contributed by atoms with Crippen molar-refractivity contribution in [1.82, 2.24) is 19.7 Å². The van der Waals surface area contributed by atoms with Crippen LogP contribution in [0.4, 0.5) is 13.2 Å². The summed E-state index contributed by atoms with van der Waals surface area (Å²) in [6.07, 6.45) is -1.46. The molecule has 0 saturated carbocycles. The standard InChI is InChI=1S/C22H17F3N4O2/c1-3-31-21(30)15-12-17(14-8-10-26-11-9-14)27-20-19(15)13(2)28-29(20)18-7-5-4-6-16(18)22(23,24)25/h4-12H,3H2,1-2H3. The summed E-state index contributed by atoms with van der Waals surface area (Å²) < 4.78 is 47.3. The molecule has 0 radical (unpaired) electrons. The van der Waals surface area contributed by atoms with Crippen molar-refractivity contribution in [2.75, 3.05) is 6.61 Å². The summed E-state index contributed by atoms with van der Waals surface area (Å²) >= 11 is 0. The van der Waals surface area contributed by atoms with Gasteiger partial charge in [-0.3, -0.25) is 4.98 Å². The van der Waals surface area contributed by atoms with Gasteiger partial charge < -0.3 is 4.74 Å². The number of esters is 1. The summed E-state index contributed by atoms with van der Waals surface area (Å²) in [6, 6.07) is 10.1. The number of carbonyl (C=O) groups excluding carboxylic acids is 1. The molecule has 0 saturated heterocycles. The lowest BCUT2D eigenvalue weighted by molar-refractivity contribution is -0.137. The number of aromatic nitrogens is 4. The Hall–Kier alpha value is -3.75. The Morgan fingerprint density at radius 2 is 1.84 bits per heavy atom. The van der Waals surface area contributed by atoms with E-state index in [9.17, 15) is 18.0 Å². The zero-order valence-corrected chi connectivity index (χ0v) is 16.6. The summed E-state index contributed by atoms with van der Waals surface area (Å²) in [4.78, 5) is 21.2. The molecule has 4 rings (SSSR count). The number of nitrogens with zero attached hydrogens (tertiary/aromatic N) is 4. The number of ether oxygens (including phenoxy) is 1. The third-order valence-electron chi connectivity index (χ3n) is 4.72. The number of benzene rings is 1. The molecule has 3 aromatic heterocycles. The minimum atomic E-state index is -4.59. The Kier molecular flexibility index (Phi) is 5.18. The maximum absolute atomic E-state index is 13.7. The quantitative estimate of drug-likeness (QED) is 0.430. The number of alkyl halides is 3. The smallest absolute Gasteiger partial charge is 0.418 e. The van der Waals surface area contributed by atoms with Crippen LogP contribution in [0.2, 0.25) is 0 Å². The highest BCUT2D eigenvalue weighted by Crippen LogP contribution is 2.36. The molecule has 9 heteroatoms. The molecule has 0 spiro atoms. The van der Waals surface area contributed by atoms with Crippen LogP contribution in [0.3, 0.4) is 0 Å². The summed E-state index contributed by atoms with van der Waals surface area (Å²) in [6.45, 7) is 3.44. The number of rotatable bonds is 4. The first-order valence-corrected chi connectivity index (χ1v) is 9.45. The number of aryl methyl sites for hydroxylation is 1. The molecular weight excluding hydrogens is 409 g/mol. The van der Waals surface area contributed by atoms with Gasteiger partial charge in [-0.2, -0.15) is 18.3 Å². The minimum absolute atomic E-state index is 0.131. The van der Waals surface area contributed by atoms with Crippen LogP contribution in [0, 0.1) is 6.92 Å². The van der Waals surface area contributed by atoms with Crippen molar-refractivity contribution in [2.24, 2.45) is 0 Å². The predicted molar refractivity (Wildman–Crippen MR) is 108 cm³/mol. The van der Waals surface area contributed by atoms with Crippen molar-refractivity contribution >= 4 is 17.0 Å². The molecule has 0 aliphatic carbocycles.